The van der Waals surface area contributed by atoms with Gasteiger partial charge in [-0.1, -0.05) is 6.07 Å². The molecule has 2 heterocycles. The summed E-state index contributed by atoms with van der Waals surface area (Å²) in [4.78, 5) is 22.5. The lowest BCUT2D eigenvalue weighted by molar-refractivity contribution is 0.565. The Morgan fingerprint density at radius 3 is 3.06 bits per heavy atom. The molecule has 0 radical (unpaired) electrons. The van der Waals surface area contributed by atoms with E-state index in [0.717, 1.165) is 21.7 Å². The molecular weight excluding hydrogens is 234 g/mol. The maximum Gasteiger partial charge on any atom is 0.240 e. The molecule has 0 spiro atoms. The summed E-state index contributed by atoms with van der Waals surface area (Å²) < 4.78 is 0. The van der Waals surface area contributed by atoms with E-state index in [1.807, 2.05) is 23.6 Å². The maximum atomic E-state index is 10.2. The predicted octanol–water partition coefficient (Wildman–Crippen LogP) is 3.26. The van der Waals surface area contributed by atoms with Gasteiger partial charge >= 0.3 is 0 Å². The number of imidazole rings is 1. The van der Waals surface area contributed by atoms with E-state index < -0.39 is 0 Å². The quantitative estimate of drug-likeness (QED) is 0.553. The van der Waals surface area contributed by atoms with Crippen LogP contribution in [0.15, 0.2) is 40.7 Å². The fourth-order valence-corrected chi connectivity index (χ4v) is 2.32. The summed E-state index contributed by atoms with van der Waals surface area (Å²) in [5.41, 5.74) is 2.30. The standard InChI is InChI=1S/C12H7N3OS/c16-7-13-8-3-4-9-10(6-8)15-12(14-9)11-2-1-5-17-11/h1-6H,(H,14,15). The summed E-state index contributed by atoms with van der Waals surface area (Å²) in [5.74, 6) is 0.835. The van der Waals surface area contributed by atoms with Gasteiger partial charge in [0, 0.05) is 0 Å². The van der Waals surface area contributed by atoms with Crippen LogP contribution >= 0.6 is 11.3 Å². The number of thiophene rings is 1. The summed E-state index contributed by atoms with van der Waals surface area (Å²) in [6, 6.07) is 9.35. The number of hydrogen-bond acceptors (Lipinski definition) is 4. The van der Waals surface area contributed by atoms with Gasteiger partial charge in [0.1, 0.15) is 5.82 Å². The Morgan fingerprint density at radius 1 is 1.35 bits per heavy atom. The molecule has 82 valence electrons. The van der Waals surface area contributed by atoms with Gasteiger partial charge in [-0.3, -0.25) is 0 Å². The van der Waals surface area contributed by atoms with Crippen molar-refractivity contribution >= 4 is 34.1 Å². The highest BCUT2D eigenvalue weighted by Gasteiger charge is 2.06. The number of nitrogens with zero attached hydrogens (tertiary/aromatic N) is 2. The fourth-order valence-electron chi connectivity index (χ4n) is 1.65. The van der Waals surface area contributed by atoms with Gasteiger partial charge in [-0.05, 0) is 29.6 Å². The second kappa shape index (κ2) is 3.97. The van der Waals surface area contributed by atoms with Gasteiger partial charge in [-0.15, -0.1) is 11.3 Å². The van der Waals surface area contributed by atoms with E-state index in [9.17, 15) is 4.79 Å². The van der Waals surface area contributed by atoms with Crippen LogP contribution in [0.25, 0.3) is 21.7 Å². The van der Waals surface area contributed by atoms with E-state index in [1.165, 1.54) is 6.08 Å². The molecule has 0 bridgehead atoms. The summed E-state index contributed by atoms with van der Waals surface area (Å²) in [5, 5.41) is 2.00. The van der Waals surface area contributed by atoms with Crippen LogP contribution in [0, 0.1) is 0 Å². The van der Waals surface area contributed by atoms with Crippen molar-refractivity contribution < 1.29 is 4.79 Å². The van der Waals surface area contributed by atoms with E-state index in [1.54, 1.807) is 23.5 Å². The zero-order valence-corrected chi connectivity index (χ0v) is 9.49. The number of nitrogens with one attached hydrogen (secondary N) is 1. The molecule has 0 fully saturated rings. The van der Waals surface area contributed by atoms with Crippen LogP contribution in [0.4, 0.5) is 5.69 Å². The molecule has 0 aliphatic rings. The van der Waals surface area contributed by atoms with Gasteiger partial charge < -0.3 is 4.98 Å². The van der Waals surface area contributed by atoms with Gasteiger partial charge in [0.15, 0.2) is 0 Å². The minimum Gasteiger partial charge on any atom is -0.337 e. The largest absolute Gasteiger partial charge is 0.337 e. The molecule has 1 N–H and O–H groups in total. The number of rotatable bonds is 2. The summed E-state index contributed by atoms with van der Waals surface area (Å²) in [6.07, 6.45) is 1.53. The molecule has 0 unspecified atom stereocenters. The van der Waals surface area contributed by atoms with Gasteiger partial charge in [0.25, 0.3) is 0 Å². The molecule has 0 atom stereocenters. The van der Waals surface area contributed by atoms with Gasteiger partial charge in [-0.25, -0.2) is 9.78 Å². The minimum atomic E-state index is 0.578. The number of carbonyl (C=O) groups excluding carboxylic acids is 1. The van der Waals surface area contributed by atoms with Crippen molar-refractivity contribution in [1.82, 2.24) is 9.97 Å². The molecular formula is C12H7N3OS. The second-order valence-corrected chi connectivity index (χ2v) is 4.41. The van der Waals surface area contributed by atoms with E-state index in [0.29, 0.717) is 5.69 Å². The number of H-pyrrole nitrogens is 1. The highest BCUT2D eigenvalue weighted by molar-refractivity contribution is 7.13. The Balaban J connectivity index is 2.16. The zero-order valence-electron chi connectivity index (χ0n) is 8.68. The van der Waals surface area contributed by atoms with Crippen LogP contribution in [0.5, 0.6) is 0 Å². The van der Waals surface area contributed by atoms with Crippen molar-refractivity contribution in [2.45, 2.75) is 0 Å². The third-order valence-electron chi connectivity index (χ3n) is 2.39. The Bertz CT molecular complexity index is 709. The Kier molecular flexibility index (Phi) is 2.33. The number of isocyanates is 1. The number of aromatic nitrogens is 2. The monoisotopic (exact) mass is 241 g/mol. The molecule has 0 aliphatic heterocycles. The van der Waals surface area contributed by atoms with Crippen molar-refractivity contribution in [3.63, 3.8) is 0 Å². The van der Waals surface area contributed by atoms with E-state index in [2.05, 4.69) is 15.0 Å². The highest BCUT2D eigenvalue weighted by Crippen LogP contribution is 2.26. The summed E-state index contributed by atoms with van der Waals surface area (Å²) >= 11 is 1.63. The van der Waals surface area contributed by atoms with Crippen LogP contribution in [0.2, 0.25) is 0 Å². The normalized spacial score (nSPS) is 10.4. The van der Waals surface area contributed by atoms with Crippen LogP contribution in [0.1, 0.15) is 0 Å². The first-order valence-electron chi connectivity index (χ1n) is 4.98. The zero-order chi connectivity index (χ0) is 11.7. The number of benzene rings is 1. The lowest BCUT2D eigenvalue weighted by atomic mass is 10.3. The fraction of sp³-hybridized carbons (Fsp3) is 0. The Labute approximate surface area is 101 Å². The predicted molar refractivity (Wildman–Crippen MR) is 67.2 cm³/mol. The van der Waals surface area contributed by atoms with Crippen molar-refractivity contribution in [2.75, 3.05) is 0 Å². The van der Waals surface area contributed by atoms with Crippen molar-refractivity contribution in [2.24, 2.45) is 4.99 Å². The first kappa shape index (κ1) is 9.96. The van der Waals surface area contributed by atoms with Crippen LogP contribution < -0.4 is 0 Å². The van der Waals surface area contributed by atoms with E-state index >= 15 is 0 Å². The molecule has 3 rings (SSSR count). The van der Waals surface area contributed by atoms with Gasteiger partial charge in [0.05, 0.1) is 21.6 Å². The minimum absolute atomic E-state index is 0.578. The smallest absolute Gasteiger partial charge is 0.240 e. The molecule has 17 heavy (non-hydrogen) atoms. The first-order valence-corrected chi connectivity index (χ1v) is 5.86. The van der Waals surface area contributed by atoms with Crippen molar-refractivity contribution in [3.05, 3.63) is 35.7 Å². The summed E-state index contributed by atoms with van der Waals surface area (Å²) in [6.45, 7) is 0. The lowest BCUT2D eigenvalue weighted by Gasteiger charge is -1.89. The molecule has 0 saturated carbocycles. The van der Waals surface area contributed by atoms with Crippen molar-refractivity contribution in [3.8, 4) is 10.7 Å². The van der Waals surface area contributed by atoms with Crippen LogP contribution in [-0.4, -0.2) is 16.0 Å². The molecule has 4 nitrogen and oxygen atoms in total. The first-order chi connectivity index (χ1) is 8.36. The number of hydrogen-bond donors (Lipinski definition) is 1. The Morgan fingerprint density at radius 2 is 2.29 bits per heavy atom. The van der Waals surface area contributed by atoms with Crippen molar-refractivity contribution in [1.29, 1.82) is 0 Å². The maximum absolute atomic E-state index is 10.2. The van der Waals surface area contributed by atoms with Crippen LogP contribution in [-0.2, 0) is 4.79 Å². The van der Waals surface area contributed by atoms with E-state index in [4.69, 9.17) is 0 Å². The topological polar surface area (TPSA) is 58.1 Å². The highest BCUT2D eigenvalue weighted by atomic mass is 32.1. The van der Waals surface area contributed by atoms with E-state index in [-0.39, 0.29) is 0 Å². The average molecular weight is 241 g/mol. The third kappa shape index (κ3) is 1.78. The second-order valence-electron chi connectivity index (χ2n) is 3.47. The SMILES string of the molecule is O=C=Nc1ccc2nc(-c3cccs3)[nH]c2c1. The number of fused-ring (bicyclic) bond motifs is 1. The Hall–Kier alpha value is -2.23. The van der Waals surface area contributed by atoms with Crippen LogP contribution in [0.3, 0.4) is 0 Å². The average Bonchev–Trinajstić information content (AvgIpc) is 2.97. The third-order valence-corrected chi connectivity index (χ3v) is 3.27. The number of aromatic amines is 1. The molecule has 2 aromatic heterocycles. The molecule has 1 aromatic carbocycles. The number of aliphatic imine (C=N–C) groups is 1. The molecule has 3 aromatic rings. The lowest BCUT2D eigenvalue weighted by Crippen LogP contribution is -1.72. The molecule has 5 heteroatoms. The molecule has 0 saturated heterocycles. The molecule has 0 amide bonds. The van der Waals surface area contributed by atoms with Gasteiger partial charge in [0.2, 0.25) is 6.08 Å². The van der Waals surface area contributed by atoms with Gasteiger partial charge in [-0.2, -0.15) is 4.99 Å². The molecule has 0 aliphatic carbocycles. The summed E-state index contributed by atoms with van der Waals surface area (Å²) in [7, 11) is 0.